The van der Waals surface area contributed by atoms with Crippen molar-refractivity contribution in [2.75, 3.05) is 7.11 Å². The first-order chi connectivity index (χ1) is 6.70. The minimum Gasteiger partial charge on any atom is -0.464 e. The van der Waals surface area contributed by atoms with Gasteiger partial charge < -0.3 is 4.74 Å². The van der Waals surface area contributed by atoms with E-state index in [1.165, 1.54) is 24.6 Å². The van der Waals surface area contributed by atoms with Crippen LogP contribution in [0, 0.1) is 0 Å². The molecule has 4 nitrogen and oxygen atoms in total. The molecule has 0 unspecified atom stereocenters. The van der Waals surface area contributed by atoms with Crippen molar-refractivity contribution in [3.63, 3.8) is 0 Å². The topological polar surface area (TPSA) is 52.1 Å². The van der Waals surface area contributed by atoms with Gasteiger partial charge >= 0.3 is 5.97 Å². The largest absolute Gasteiger partial charge is 0.464 e. The maximum absolute atomic E-state index is 11.1. The van der Waals surface area contributed by atoms with E-state index in [2.05, 4.69) is 14.7 Å². The van der Waals surface area contributed by atoms with Gasteiger partial charge in [-0.2, -0.15) is 0 Å². The molecular formula is C8H5ClN2O2S. The molecule has 0 radical (unpaired) electrons. The first kappa shape index (κ1) is 9.36. The van der Waals surface area contributed by atoms with Crippen LogP contribution in [0.4, 0.5) is 0 Å². The summed E-state index contributed by atoms with van der Waals surface area (Å²) in [6.07, 6.45) is 1.52. The van der Waals surface area contributed by atoms with Crippen LogP contribution in [-0.4, -0.2) is 23.0 Å². The second-order valence-corrected chi connectivity index (χ2v) is 3.90. The van der Waals surface area contributed by atoms with Crippen molar-refractivity contribution >= 4 is 39.3 Å². The molecule has 0 aliphatic carbocycles. The highest BCUT2D eigenvalue weighted by Crippen LogP contribution is 2.22. The molecule has 2 rings (SSSR count). The fraction of sp³-hybridized carbons (Fsp3) is 0.125. The van der Waals surface area contributed by atoms with Gasteiger partial charge in [0.2, 0.25) is 5.01 Å². The number of pyridine rings is 1. The Hall–Kier alpha value is -1.20. The van der Waals surface area contributed by atoms with Gasteiger partial charge in [-0.15, -0.1) is 0 Å². The molecule has 0 saturated heterocycles. The Morgan fingerprint density at radius 3 is 3.14 bits per heavy atom. The third kappa shape index (κ3) is 1.56. The Balaban J connectivity index is 2.56. The van der Waals surface area contributed by atoms with Gasteiger partial charge in [0.15, 0.2) is 0 Å². The van der Waals surface area contributed by atoms with E-state index in [1.54, 1.807) is 6.07 Å². The van der Waals surface area contributed by atoms with Crippen LogP contribution >= 0.6 is 22.9 Å². The van der Waals surface area contributed by atoms with Gasteiger partial charge in [-0.1, -0.05) is 22.9 Å². The highest BCUT2D eigenvalue weighted by Gasteiger charge is 2.12. The Kier molecular flexibility index (Phi) is 2.35. The summed E-state index contributed by atoms with van der Waals surface area (Å²) in [5, 5.41) is 0.788. The number of esters is 1. The van der Waals surface area contributed by atoms with Crippen LogP contribution in [0.15, 0.2) is 12.3 Å². The predicted molar refractivity (Wildman–Crippen MR) is 53.8 cm³/mol. The molecule has 0 saturated carbocycles. The molecule has 2 heterocycles. The summed E-state index contributed by atoms with van der Waals surface area (Å²) in [6.45, 7) is 0. The lowest BCUT2D eigenvalue weighted by Crippen LogP contribution is -1.99. The summed E-state index contributed by atoms with van der Waals surface area (Å²) in [5.74, 6) is -0.455. The number of nitrogens with zero attached hydrogens (tertiary/aromatic N) is 2. The average Bonchev–Trinajstić information content (AvgIpc) is 2.59. The molecular weight excluding hydrogens is 224 g/mol. The molecule has 2 aromatic heterocycles. The minimum absolute atomic E-state index is 0.289. The number of hydrogen-bond acceptors (Lipinski definition) is 5. The van der Waals surface area contributed by atoms with Gasteiger partial charge in [-0.3, -0.25) is 0 Å². The molecule has 0 spiro atoms. The zero-order valence-electron chi connectivity index (χ0n) is 7.15. The maximum Gasteiger partial charge on any atom is 0.367 e. The van der Waals surface area contributed by atoms with E-state index in [-0.39, 0.29) is 5.01 Å². The number of carbonyl (C=O) groups is 1. The first-order valence-electron chi connectivity index (χ1n) is 3.71. The average molecular weight is 229 g/mol. The number of halogens is 1. The summed E-state index contributed by atoms with van der Waals surface area (Å²) in [4.78, 5) is 19.9. The zero-order chi connectivity index (χ0) is 10.1. The first-order valence-corrected chi connectivity index (χ1v) is 4.90. The second kappa shape index (κ2) is 3.51. The van der Waals surface area contributed by atoms with E-state index in [4.69, 9.17) is 11.6 Å². The minimum atomic E-state index is -0.455. The predicted octanol–water partition coefficient (Wildman–Crippen LogP) is 2.13. The van der Waals surface area contributed by atoms with Gasteiger partial charge in [0.05, 0.1) is 12.1 Å². The van der Waals surface area contributed by atoms with Gasteiger partial charge in [-0.05, 0) is 6.07 Å². The molecule has 72 valence electrons. The van der Waals surface area contributed by atoms with Gasteiger partial charge in [-0.25, -0.2) is 14.8 Å². The van der Waals surface area contributed by atoms with Gasteiger partial charge in [0.25, 0.3) is 0 Å². The van der Waals surface area contributed by atoms with Crippen LogP contribution in [0.1, 0.15) is 9.80 Å². The molecule has 6 heteroatoms. The third-order valence-electron chi connectivity index (χ3n) is 1.57. The number of thiazole rings is 1. The Labute approximate surface area is 88.5 Å². The Bertz CT molecular complexity index is 497. The third-order valence-corrected chi connectivity index (χ3v) is 2.74. The SMILES string of the molecule is COC(=O)c1nc2cc(Cl)cnc2s1. The van der Waals surface area contributed by atoms with Crippen LogP contribution in [0.5, 0.6) is 0 Å². The fourth-order valence-electron chi connectivity index (χ4n) is 0.973. The van der Waals surface area contributed by atoms with Gasteiger partial charge in [0.1, 0.15) is 10.3 Å². The van der Waals surface area contributed by atoms with Crippen molar-refractivity contribution in [3.8, 4) is 0 Å². The smallest absolute Gasteiger partial charge is 0.367 e. The van der Waals surface area contributed by atoms with Crippen molar-refractivity contribution in [3.05, 3.63) is 22.3 Å². The van der Waals surface area contributed by atoms with E-state index in [9.17, 15) is 4.79 Å². The lowest BCUT2D eigenvalue weighted by atomic mass is 10.4. The number of fused-ring (bicyclic) bond motifs is 1. The molecule has 0 aromatic carbocycles. The molecule has 2 aromatic rings. The summed E-state index contributed by atoms with van der Waals surface area (Å²) in [5.41, 5.74) is 0.614. The number of rotatable bonds is 1. The highest BCUT2D eigenvalue weighted by atomic mass is 35.5. The normalized spacial score (nSPS) is 10.4. The van der Waals surface area contributed by atoms with Crippen LogP contribution < -0.4 is 0 Å². The lowest BCUT2D eigenvalue weighted by molar-refractivity contribution is 0.0600. The molecule has 0 bridgehead atoms. The summed E-state index contributed by atoms with van der Waals surface area (Å²) < 4.78 is 4.54. The second-order valence-electron chi connectivity index (χ2n) is 2.49. The van der Waals surface area contributed by atoms with Crippen LogP contribution in [0.25, 0.3) is 10.3 Å². The number of aromatic nitrogens is 2. The van der Waals surface area contributed by atoms with Crippen molar-refractivity contribution in [1.82, 2.24) is 9.97 Å². The fourth-order valence-corrected chi connectivity index (χ4v) is 1.93. The molecule has 0 amide bonds. The van der Waals surface area contributed by atoms with Gasteiger partial charge in [0, 0.05) is 6.20 Å². The Morgan fingerprint density at radius 2 is 2.43 bits per heavy atom. The van der Waals surface area contributed by atoms with Crippen molar-refractivity contribution in [2.45, 2.75) is 0 Å². The maximum atomic E-state index is 11.1. The van der Waals surface area contributed by atoms with Crippen molar-refractivity contribution in [1.29, 1.82) is 0 Å². The Morgan fingerprint density at radius 1 is 1.64 bits per heavy atom. The number of hydrogen-bond donors (Lipinski definition) is 0. The van der Waals surface area contributed by atoms with E-state index >= 15 is 0 Å². The summed E-state index contributed by atoms with van der Waals surface area (Å²) >= 11 is 6.91. The standard InChI is InChI=1S/C8H5ClN2O2S/c1-13-8(12)7-11-5-2-4(9)3-10-6(5)14-7/h2-3H,1H3. The monoisotopic (exact) mass is 228 g/mol. The molecule has 0 atom stereocenters. The van der Waals surface area contributed by atoms with Crippen molar-refractivity contribution < 1.29 is 9.53 Å². The van der Waals surface area contributed by atoms with Crippen LogP contribution in [-0.2, 0) is 4.74 Å². The highest BCUT2D eigenvalue weighted by molar-refractivity contribution is 7.19. The molecule has 0 fully saturated rings. The van der Waals surface area contributed by atoms with E-state index in [1.807, 2.05) is 0 Å². The molecule has 0 aliphatic rings. The van der Waals surface area contributed by atoms with Crippen LogP contribution in [0.3, 0.4) is 0 Å². The lowest BCUT2D eigenvalue weighted by Gasteiger charge is -1.89. The van der Waals surface area contributed by atoms with Crippen molar-refractivity contribution in [2.24, 2.45) is 0 Å². The number of methoxy groups -OCH3 is 1. The zero-order valence-corrected chi connectivity index (χ0v) is 8.72. The van der Waals surface area contributed by atoms with Crippen LogP contribution in [0.2, 0.25) is 5.02 Å². The summed E-state index contributed by atoms with van der Waals surface area (Å²) in [7, 11) is 1.31. The molecule has 0 aliphatic heterocycles. The van der Waals surface area contributed by atoms with E-state index in [0.717, 1.165) is 0 Å². The van der Waals surface area contributed by atoms with E-state index < -0.39 is 5.97 Å². The molecule has 0 N–H and O–H groups in total. The van der Waals surface area contributed by atoms with E-state index in [0.29, 0.717) is 15.4 Å². The number of carbonyl (C=O) groups excluding carboxylic acids is 1. The summed E-state index contributed by atoms with van der Waals surface area (Å²) in [6, 6.07) is 1.66. The molecule has 14 heavy (non-hydrogen) atoms. The number of ether oxygens (including phenoxy) is 1. The quantitative estimate of drug-likeness (QED) is 0.702.